The van der Waals surface area contributed by atoms with Gasteiger partial charge in [-0.1, -0.05) is 6.92 Å². The number of ether oxygens (including phenoxy) is 2. The fourth-order valence-electron chi connectivity index (χ4n) is 19.7. The van der Waals surface area contributed by atoms with Gasteiger partial charge in [0.1, 0.15) is 12.2 Å². The first-order valence-corrected chi connectivity index (χ1v) is 21.6. The van der Waals surface area contributed by atoms with Gasteiger partial charge in [-0.25, -0.2) is 0 Å². The number of hydrogen-bond acceptors (Lipinski definition) is 4. The van der Waals surface area contributed by atoms with Crippen molar-refractivity contribution in [2.45, 2.75) is 130 Å². The summed E-state index contributed by atoms with van der Waals surface area (Å²) < 4.78 is 13.2. The summed E-state index contributed by atoms with van der Waals surface area (Å²) in [7, 11) is 0. The van der Waals surface area contributed by atoms with Crippen LogP contribution in [-0.4, -0.2) is 24.1 Å². The van der Waals surface area contributed by atoms with Crippen LogP contribution in [0.1, 0.15) is 118 Å². The Bertz CT molecular complexity index is 1430. The Morgan fingerprint density at radius 3 is 1.31 bits per heavy atom. The lowest BCUT2D eigenvalue weighted by Crippen LogP contribution is -2.47. The zero-order chi connectivity index (χ0) is 32.2. The van der Waals surface area contributed by atoms with Gasteiger partial charge in [0.25, 0.3) is 0 Å². The van der Waals surface area contributed by atoms with E-state index in [1.807, 2.05) is 13.8 Å². The minimum Gasteiger partial charge on any atom is -0.462 e. The third-order valence-electron chi connectivity index (χ3n) is 20.5. The van der Waals surface area contributed by atoms with E-state index in [1.54, 1.807) is 0 Å². The van der Waals surface area contributed by atoms with Gasteiger partial charge in [0.05, 0.1) is 10.8 Å². The maximum absolute atomic E-state index is 14.2. The summed E-state index contributed by atoms with van der Waals surface area (Å²) in [5.74, 6) is 18.4. The number of carbonyl (C=O) groups is 2. The molecule has 4 heteroatoms. The molecular weight excluding hydrogens is 592 g/mol. The molecule has 23 unspecified atom stereocenters. The van der Waals surface area contributed by atoms with Crippen LogP contribution in [0.4, 0.5) is 0 Å². The summed E-state index contributed by atoms with van der Waals surface area (Å²) in [5, 5.41) is 0. The van der Waals surface area contributed by atoms with E-state index in [-0.39, 0.29) is 24.1 Å². The highest BCUT2D eigenvalue weighted by Gasteiger charge is 2.73. The van der Waals surface area contributed by atoms with Gasteiger partial charge in [-0.15, -0.1) is 0 Å². The Labute approximate surface area is 289 Å². The molecule has 12 rings (SSSR count). The van der Waals surface area contributed by atoms with Crippen molar-refractivity contribution in [1.29, 1.82) is 0 Å². The van der Waals surface area contributed by atoms with Crippen molar-refractivity contribution in [3.8, 4) is 0 Å². The first-order chi connectivity index (χ1) is 23.1. The van der Waals surface area contributed by atoms with Crippen LogP contribution in [0.15, 0.2) is 0 Å². The van der Waals surface area contributed by atoms with E-state index in [2.05, 4.69) is 13.8 Å². The molecule has 0 aromatic heterocycles. The van der Waals surface area contributed by atoms with Crippen LogP contribution in [0.3, 0.4) is 0 Å². The number of fused-ring (bicyclic) bond motifs is 32. The van der Waals surface area contributed by atoms with Crippen molar-refractivity contribution in [1.82, 2.24) is 0 Å². The Kier molecular flexibility index (Phi) is 5.83. The molecule has 12 aliphatic rings. The first kappa shape index (κ1) is 29.5. The van der Waals surface area contributed by atoms with Crippen LogP contribution in [0, 0.1) is 129 Å². The fraction of sp³-hybridized carbons (Fsp3) is 0.955. The topological polar surface area (TPSA) is 52.6 Å². The van der Waals surface area contributed by atoms with Crippen LogP contribution < -0.4 is 0 Å². The van der Waals surface area contributed by atoms with Crippen molar-refractivity contribution in [3.63, 3.8) is 0 Å². The van der Waals surface area contributed by atoms with Crippen molar-refractivity contribution in [2.75, 3.05) is 0 Å². The Morgan fingerprint density at radius 1 is 0.479 bits per heavy atom. The van der Waals surface area contributed by atoms with Crippen LogP contribution in [0.25, 0.3) is 0 Å². The third kappa shape index (κ3) is 3.48. The quantitative estimate of drug-likeness (QED) is 0.203. The minimum absolute atomic E-state index is 0.0360. The van der Waals surface area contributed by atoms with Crippen molar-refractivity contribution < 1.29 is 19.1 Å². The van der Waals surface area contributed by atoms with Crippen LogP contribution >= 0.6 is 0 Å². The van der Waals surface area contributed by atoms with Gasteiger partial charge in [0.2, 0.25) is 0 Å². The fourth-order valence-corrected chi connectivity index (χ4v) is 19.7. The lowest BCUT2D eigenvalue weighted by Gasteiger charge is -2.47. The summed E-state index contributed by atoms with van der Waals surface area (Å²) in [6, 6.07) is 0. The molecule has 0 aromatic carbocycles. The van der Waals surface area contributed by atoms with Gasteiger partial charge in [-0.05, 0) is 229 Å². The van der Waals surface area contributed by atoms with Gasteiger partial charge >= 0.3 is 11.9 Å². The highest BCUT2D eigenvalue weighted by Crippen LogP contribution is 2.78. The van der Waals surface area contributed by atoms with Gasteiger partial charge in [0.15, 0.2) is 0 Å². The van der Waals surface area contributed by atoms with E-state index in [4.69, 9.17) is 9.47 Å². The second-order valence-corrected chi connectivity index (χ2v) is 22.1. The average Bonchev–Trinajstić information content (AvgIpc) is 3.92. The van der Waals surface area contributed by atoms with E-state index < -0.39 is 10.8 Å². The van der Waals surface area contributed by atoms with E-state index in [0.717, 1.165) is 119 Å². The molecule has 0 N–H and O–H groups in total. The maximum Gasteiger partial charge on any atom is 0.312 e. The molecule has 262 valence electrons. The average molecular weight is 655 g/mol. The molecule has 4 nitrogen and oxygen atoms in total. The number of esters is 2. The van der Waals surface area contributed by atoms with Crippen molar-refractivity contribution >= 4 is 11.9 Å². The molecule has 12 aliphatic carbocycles. The van der Waals surface area contributed by atoms with Crippen molar-refractivity contribution in [3.05, 3.63) is 0 Å². The molecule has 0 heterocycles. The van der Waals surface area contributed by atoms with Gasteiger partial charge < -0.3 is 9.47 Å². The summed E-state index contributed by atoms with van der Waals surface area (Å²) in [6.45, 7) is 8.31. The molecule has 0 amide bonds. The van der Waals surface area contributed by atoms with E-state index in [9.17, 15) is 9.59 Å². The summed E-state index contributed by atoms with van der Waals surface area (Å²) >= 11 is 0. The largest absolute Gasteiger partial charge is 0.462 e. The second kappa shape index (κ2) is 9.48. The van der Waals surface area contributed by atoms with Gasteiger partial charge in [-0.3, -0.25) is 9.59 Å². The molecule has 0 radical (unpaired) electrons. The monoisotopic (exact) mass is 654 g/mol. The number of rotatable bonds is 7. The number of hydrogen-bond donors (Lipinski definition) is 0. The van der Waals surface area contributed by atoms with Gasteiger partial charge in [-0.2, -0.15) is 0 Å². The molecule has 12 fully saturated rings. The molecule has 48 heavy (non-hydrogen) atoms. The van der Waals surface area contributed by atoms with E-state index >= 15 is 0 Å². The standard InChI is InChI=1S/C44H62O4/c1-5-44(4,42(46)48-32-15-24-13-26(32)40-30-17-28(38(24)40)34-20-7-9-22(11-20)36(30)34)18-43(2,3)41(45)47-31-14-23-12-25(31)39-29-16-27(37(23)39)33-19-6-8-21(10-19)35(29)33/h19-40H,5-18H2,1-4H3. The molecular formula is C44H62O4. The van der Waals surface area contributed by atoms with E-state index in [0.29, 0.717) is 24.7 Å². The molecule has 12 saturated carbocycles. The van der Waals surface area contributed by atoms with Gasteiger partial charge in [0, 0.05) is 0 Å². The highest BCUT2D eigenvalue weighted by molar-refractivity contribution is 5.80. The molecule has 12 bridgehead atoms. The Balaban J connectivity index is 0.709. The second-order valence-electron chi connectivity index (χ2n) is 22.1. The van der Waals surface area contributed by atoms with Crippen LogP contribution in [0.2, 0.25) is 0 Å². The van der Waals surface area contributed by atoms with E-state index in [1.165, 1.54) is 64.2 Å². The number of carbonyl (C=O) groups excluding carboxylic acids is 2. The molecule has 0 aliphatic heterocycles. The summed E-state index contributed by atoms with van der Waals surface area (Å²) in [5.41, 5.74) is -1.36. The lowest BCUT2D eigenvalue weighted by atomic mass is 9.59. The van der Waals surface area contributed by atoms with Crippen LogP contribution in [0.5, 0.6) is 0 Å². The smallest absolute Gasteiger partial charge is 0.312 e. The summed E-state index contributed by atoms with van der Waals surface area (Å²) in [4.78, 5) is 28.3. The predicted octanol–water partition coefficient (Wildman–Crippen LogP) is 8.81. The molecule has 0 aromatic rings. The SMILES string of the molecule is CCC(C)(CC(C)(C)C(=O)OC1CC2CC1C1C3CC(C4C5CCC(C5)C34)C21)C(=O)OC1CC2CC1C1C3CC(C4C5CCC(C5)C34)C21. The highest BCUT2D eigenvalue weighted by atomic mass is 16.6. The Morgan fingerprint density at radius 2 is 0.875 bits per heavy atom. The van der Waals surface area contributed by atoms with Crippen LogP contribution in [-0.2, 0) is 19.1 Å². The Hall–Kier alpha value is -1.06. The molecule has 0 spiro atoms. The summed E-state index contributed by atoms with van der Waals surface area (Å²) in [6.07, 6.45) is 18.4. The lowest BCUT2D eigenvalue weighted by molar-refractivity contribution is -0.174. The zero-order valence-electron chi connectivity index (χ0n) is 30.2. The normalized spacial score (nSPS) is 60.4. The molecule has 23 atom stereocenters. The third-order valence-corrected chi connectivity index (χ3v) is 20.5. The maximum atomic E-state index is 14.2. The minimum atomic E-state index is -0.698. The zero-order valence-corrected chi connectivity index (χ0v) is 30.2. The van der Waals surface area contributed by atoms with Crippen molar-refractivity contribution in [2.24, 2.45) is 129 Å². The first-order valence-electron chi connectivity index (χ1n) is 21.6. The predicted molar refractivity (Wildman–Crippen MR) is 182 cm³/mol. The molecule has 0 saturated heterocycles.